The average Bonchev–Trinajstić information content (AvgIpc) is 2.37. The molecule has 0 saturated carbocycles. The lowest BCUT2D eigenvalue weighted by Gasteiger charge is -2.45. The Balaban J connectivity index is 2.30. The molecule has 1 saturated heterocycles. The van der Waals surface area contributed by atoms with Gasteiger partial charge in [-0.2, -0.15) is 0 Å². The molecule has 1 aliphatic heterocycles. The van der Waals surface area contributed by atoms with Crippen LogP contribution in [0.25, 0.3) is 0 Å². The van der Waals surface area contributed by atoms with E-state index in [-0.39, 0.29) is 11.9 Å². The summed E-state index contributed by atoms with van der Waals surface area (Å²) in [6.07, 6.45) is 3.56. The average molecular weight is 248 g/mol. The summed E-state index contributed by atoms with van der Waals surface area (Å²) < 4.78 is 0. The number of nitrogens with two attached hydrogens (primary N) is 1. The third-order valence-corrected chi connectivity index (χ3v) is 3.58. The standard InChI is InChI=1S/C13H20N4O/c1-13(2)12(18)16-6-7-17(13)11(8-14)10-4-3-5-15-9-10/h3-5,9,11H,6-8,14H2,1-2H3,(H,16,18). The van der Waals surface area contributed by atoms with Crippen molar-refractivity contribution in [2.45, 2.75) is 25.4 Å². The summed E-state index contributed by atoms with van der Waals surface area (Å²) in [7, 11) is 0. The normalized spacial score (nSPS) is 21.4. The Morgan fingerprint density at radius 3 is 3.00 bits per heavy atom. The zero-order chi connectivity index (χ0) is 13.2. The highest BCUT2D eigenvalue weighted by Gasteiger charge is 2.41. The van der Waals surface area contributed by atoms with Gasteiger partial charge in [-0.25, -0.2) is 0 Å². The lowest BCUT2D eigenvalue weighted by molar-refractivity contribution is -0.137. The fourth-order valence-electron chi connectivity index (χ4n) is 2.48. The maximum Gasteiger partial charge on any atom is 0.240 e. The van der Waals surface area contributed by atoms with Crippen LogP contribution in [0.4, 0.5) is 0 Å². The van der Waals surface area contributed by atoms with Gasteiger partial charge in [0.05, 0.1) is 5.54 Å². The molecule has 18 heavy (non-hydrogen) atoms. The van der Waals surface area contributed by atoms with Crippen LogP contribution in [0.3, 0.4) is 0 Å². The lowest BCUT2D eigenvalue weighted by atomic mass is 9.94. The van der Waals surface area contributed by atoms with E-state index in [4.69, 9.17) is 5.73 Å². The van der Waals surface area contributed by atoms with Crippen LogP contribution in [0.1, 0.15) is 25.5 Å². The smallest absolute Gasteiger partial charge is 0.240 e. The van der Waals surface area contributed by atoms with Crippen molar-refractivity contribution in [1.82, 2.24) is 15.2 Å². The second-order valence-corrected chi connectivity index (χ2v) is 5.05. The molecule has 0 aromatic carbocycles. The zero-order valence-corrected chi connectivity index (χ0v) is 10.9. The van der Waals surface area contributed by atoms with Gasteiger partial charge in [-0.3, -0.25) is 14.7 Å². The first-order valence-corrected chi connectivity index (χ1v) is 6.22. The number of hydrogen-bond donors (Lipinski definition) is 2. The second-order valence-electron chi connectivity index (χ2n) is 5.05. The molecule has 2 heterocycles. The Morgan fingerprint density at radius 1 is 1.61 bits per heavy atom. The Kier molecular flexibility index (Phi) is 3.63. The molecule has 0 aliphatic carbocycles. The van der Waals surface area contributed by atoms with Crippen LogP contribution in [0.5, 0.6) is 0 Å². The number of carbonyl (C=O) groups is 1. The largest absolute Gasteiger partial charge is 0.353 e. The number of nitrogens with zero attached hydrogens (tertiary/aromatic N) is 2. The summed E-state index contributed by atoms with van der Waals surface area (Å²) in [5.41, 5.74) is 6.42. The van der Waals surface area contributed by atoms with E-state index >= 15 is 0 Å². The molecule has 2 rings (SSSR count). The van der Waals surface area contributed by atoms with Crippen molar-refractivity contribution in [1.29, 1.82) is 0 Å². The molecule has 1 atom stereocenters. The first-order valence-electron chi connectivity index (χ1n) is 6.22. The van der Waals surface area contributed by atoms with Crippen molar-refractivity contribution in [3.8, 4) is 0 Å². The maximum absolute atomic E-state index is 12.0. The van der Waals surface area contributed by atoms with Gasteiger partial charge in [0, 0.05) is 38.1 Å². The number of rotatable bonds is 3. The Bertz CT molecular complexity index is 418. The number of aromatic nitrogens is 1. The first-order chi connectivity index (χ1) is 8.57. The van der Waals surface area contributed by atoms with E-state index < -0.39 is 5.54 Å². The summed E-state index contributed by atoms with van der Waals surface area (Å²) in [5.74, 6) is 0.0519. The van der Waals surface area contributed by atoms with Crippen molar-refractivity contribution in [3.05, 3.63) is 30.1 Å². The van der Waals surface area contributed by atoms with Crippen LogP contribution in [0.15, 0.2) is 24.5 Å². The van der Waals surface area contributed by atoms with Crippen LogP contribution < -0.4 is 11.1 Å². The Hall–Kier alpha value is -1.46. The predicted molar refractivity (Wildman–Crippen MR) is 69.8 cm³/mol. The number of pyridine rings is 1. The molecule has 1 amide bonds. The molecule has 1 aromatic rings. The molecule has 1 fully saturated rings. The van der Waals surface area contributed by atoms with E-state index in [1.54, 1.807) is 6.20 Å². The number of amides is 1. The summed E-state index contributed by atoms with van der Waals surface area (Å²) in [6.45, 7) is 5.80. The van der Waals surface area contributed by atoms with E-state index in [1.807, 2.05) is 32.2 Å². The third kappa shape index (κ3) is 2.23. The Morgan fingerprint density at radius 2 is 2.39 bits per heavy atom. The molecule has 1 unspecified atom stereocenters. The molecule has 0 bridgehead atoms. The van der Waals surface area contributed by atoms with Gasteiger partial charge >= 0.3 is 0 Å². The van der Waals surface area contributed by atoms with E-state index in [0.29, 0.717) is 13.1 Å². The molecule has 5 nitrogen and oxygen atoms in total. The molecule has 3 N–H and O–H groups in total. The molecule has 0 radical (unpaired) electrons. The summed E-state index contributed by atoms with van der Waals surface area (Å²) in [4.78, 5) is 18.3. The van der Waals surface area contributed by atoms with Crippen molar-refractivity contribution >= 4 is 5.91 Å². The number of piperazine rings is 1. The molecule has 1 aromatic heterocycles. The van der Waals surface area contributed by atoms with Gasteiger partial charge in [0.15, 0.2) is 0 Å². The first kappa shape index (κ1) is 13.0. The highest BCUT2D eigenvalue weighted by Crippen LogP contribution is 2.28. The lowest BCUT2D eigenvalue weighted by Crippen LogP contribution is -2.63. The minimum Gasteiger partial charge on any atom is -0.353 e. The second kappa shape index (κ2) is 5.04. The molecule has 0 spiro atoms. The van der Waals surface area contributed by atoms with E-state index in [1.165, 1.54) is 0 Å². The van der Waals surface area contributed by atoms with Crippen LogP contribution >= 0.6 is 0 Å². The number of hydrogen-bond acceptors (Lipinski definition) is 4. The SMILES string of the molecule is CC1(C)C(=O)NCCN1C(CN)c1cccnc1. The maximum atomic E-state index is 12.0. The number of carbonyl (C=O) groups excluding carboxylic acids is 1. The monoisotopic (exact) mass is 248 g/mol. The van der Waals surface area contributed by atoms with Gasteiger partial charge in [0.1, 0.15) is 0 Å². The van der Waals surface area contributed by atoms with Crippen molar-refractivity contribution in [2.75, 3.05) is 19.6 Å². The van der Waals surface area contributed by atoms with Gasteiger partial charge in [0.2, 0.25) is 5.91 Å². The third-order valence-electron chi connectivity index (χ3n) is 3.58. The molecule has 98 valence electrons. The van der Waals surface area contributed by atoms with E-state index in [2.05, 4.69) is 15.2 Å². The Labute approximate surface area is 107 Å². The van der Waals surface area contributed by atoms with Crippen LogP contribution in [-0.2, 0) is 4.79 Å². The molecular weight excluding hydrogens is 228 g/mol. The van der Waals surface area contributed by atoms with Crippen molar-refractivity contribution in [2.24, 2.45) is 5.73 Å². The van der Waals surface area contributed by atoms with Crippen molar-refractivity contribution in [3.63, 3.8) is 0 Å². The van der Waals surface area contributed by atoms with Gasteiger partial charge in [0.25, 0.3) is 0 Å². The quantitative estimate of drug-likeness (QED) is 0.806. The summed E-state index contributed by atoms with van der Waals surface area (Å²) in [5, 5.41) is 2.90. The fraction of sp³-hybridized carbons (Fsp3) is 0.538. The van der Waals surface area contributed by atoms with Gasteiger partial charge in [-0.1, -0.05) is 6.07 Å². The summed E-state index contributed by atoms with van der Waals surface area (Å²) >= 11 is 0. The highest BCUT2D eigenvalue weighted by molar-refractivity contribution is 5.86. The van der Waals surface area contributed by atoms with Crippen LogP contribution in [0.2, 0.25) is 0 Å². The van der Waals surface area contributed by atoms with E-state index in [0.717, 1.165) is 12.1 Å². The summed E-state index contributed by atoms with van der Waals surface area (Å²) in [6, 6.07) is 3.93. The van der Waals surface area contributed by atoms with Crippen LogP contribution in [-0.4, -0.2) is 41.0 Å². The van der Waals surface area contributed by atoms with Gasteiger partial charge < -0.3 is 11.1 Å². The van der Waals surface area contributed by atoms with Gasteiger partial charge in [-0.05, 0) is 25.5 Å². The molecular formula is C13H20N4O. The predicted octanol–water partition coefficient (Wildman–Crippen LogP) is 0.292. The molecule has 1 aliphatic rings. The minimum atomic E-state index is -0.544. The number of nitrogens with one attached hydrogen (secondary N) is 1. The topological polar surface area (TPSA) is 71.2 Å². The van der Waals surface area contributed by atoms with Gasteiger partial charge in [-0.15, -0.1) is 0 Å². The van der Waals surface area contributed by atoms with Crippen molar-refractivity contribution < 1.29 is 4.79 Å². The highest BCUT2D eigenvalue weighted by atomic mass is 16.2. The minimum absolute atomic E-state index is 0.0275. The van der Waals surface area contributed by atoms with Crippen LogP contribution in [0, 0.1) is 0 Å². The molecule has 5 heteroatoms. The van der Waals surface area contributed by atoms with E-state index in [9.17, 15) is 4.79 Å². The fourth-order valence-corrected chi connectivity index (χ4v) is 2.48. The zero-order valence-electron chi connectivity index (χ0n) is 10.9.